The normalized spacial score (nSPS) is 23.0. The van der Waals surface area contributed by atoms with Gasteiger partial charge in [0, 0.05) is 50.2 Å². The zero-order valence-electron chi connectivity index (χ0n) is 12.6. The van der Waals surface area contributed by atoms with E-state index < -0.39 is 0 Å². The van der Waals surface area contributed by atoms with Gasteiger partial charge in [-0.2, -0.15) is 0 Å². The molecule has 3 rings (SSSR count). The molecular formula is C16H22FN3OS. The summed E-state index contributed by atoms with van der Waals surface area (Å²) >= 11 is 1.48. The number of nitrogens with zero attached hydrogens (tertiary/aromatic N) is 2. The zero-order valence-corrected chi connectivity index (χ0v) is 13.4. The lowest BCUT2D eigenvalue weighted by Crippen LogP contribution is -2.49. The van der Waals surface area contributed by atoms with Crippen molar-refractivity contribution in [2.45, 2.75) is 17.4 Å². The monoisotopic (exact) mass is 323 g/mol. The molecule has 1 unspecified atom stereocenters. The predicted octanol–water partition coefficient (Wildman–Crippen LogP) is 1.42. The Hall–Kier alpha value is -1.11. The summed E-state index contributed by atoms with van der Waals surface area (Å²) in [6.45, 7) is 5.96. The molecule has 2 aliphatic rings. The third-order valence-corrected chi connectivity index (χ3v) is 5.36. The molecule has 2 saturated heterocycles. The molecule has 0 aliphatic carbocycles. The number of benzene rings is 1. The summed E-state index contributed by atoms with van der Waals surface area (Å²) in [6.07, 6.45) is 1.08. The van der Waals surface area contributed by atoms with Crippen LogP contribution in [-0.4, -0.2) is 66.8 Å². The van der Waals surface area contributed by atoms with Gasteiger partial charge in [-0.1, -0.05) is 0 Å². The highest BCUT2D eigenvalue weighted by Gasteiger charge is 2.30. The van der Waals surface area contributed by atoms with E-state index in [4.69, 9.17) is 0 Å². The van der Waals surface area contributed by atoms with Crippen molar-refractivity contribution in [1.29, 1.82) is 0 Å². The third kappa shape index (κ3) is 4.00. The number of amides is 1. The van der Waals surface area contributed by atoms with Gasteiger partial charge >= 0.3 is 0 Å². The van der Waals surface area contributed by atoms with E-state index >= 15 is 0 Å². The largest absolute Gasteiger partial charge is 0.340 e. The van der Waals surface area contributed by atoms with Crippen LogP contribution in [0.5, 0.6) is 0 Å². The molecule has 0 spiro atoms. The van der Waals surface area contributed by atoms with E-state index in [2.05, 4.69) is 10.2 Å². The average Bonchev–Trinajstić information content (AvgIpc) is 3.05. The fourth-order valence-corrected chi connectivity index (χ4v) is 3.88. The molecule has 1 aromatic carbocycles. The van der Waals surface area contributed by atoms with Crippen LogP contribution in [-0.2, 0) is 4.79 Å². The van der Waals surface area contributed by atoms with Crippen LogP contribution in [0.3, 0.4) is 0 Å². The highest BCUT2D eigenvalue weighted by molar-refractivity contribution is 8.00. The number of likely N-dealkylation sites (tertiary alicyclic amines) is 1. The van der Waals surface area contributed by atoms with E-state index in [1.165, 1.54) is 23.9 Å². The van der Waals surface area contributed by atoms with Gasteiger partial charge in [0.25, 0.3) is 0 Å². The number of halogens is 1. The summed E-state index contributed by atoms with van der Waals surface area (Å²) in [6, 6.07) is 6.83. The summed E-state index contributed by atoms with van der Waals surface area (Å²) in [5.74, 6) is 0.376. The smallest absolute Gasteiger partial charge is 0.232 e. The molecule has 4 nitrogen and oxygen atoms in total. The number of carbonyl (C=O) groups excluding carboxylic acids is 1. The van der Waals surface area contributed by atoms with E-state index in [1.807, 2.05) is 4.90 Å². The standard InChI is InChI=1S/C16H22FN3OS/c17-13-1-3-15(4-2-13)22-12-16(21)20-8-5-14(11-20)19-9-6-18-7-10-19/h1-4,14,18H,5-12H2. The van der Waals surface area contributed by atoms with Crippen molar-refractivity contribution in [3.8, 4) is 0 Å². The van der Waals surface area contributed by atoms with E-state index in [0.29, 0.717) is 11.8 Å². The summed E-state index contributed by atoms with van der Waals surface area (Å²) in [5, 5.41) is 3.36. The zero-order chi connectivity index (χ0) is 15.4. The summed E-state index contributed by atoms with van der Waals surface area (Å²) in [4.78, 5) is 17.7. The van der Waals surface area contributed by atoms with Crippen molar-refractivity contribution in [3.05, 3.63) is 30.1 Å². The van der Waals surface area contributed by atoms with Crippen LogP contribution >= 0.6 is 11.8 Å². The number of piperazine rings is 1. The molecular weight excluding hydrogens is 301 g/mol. The maximum Gasteiger partial charge on any atom is 0.232 e. The van der Waals surface area contributed by atoms with Gasteiger partial charge in [0.1, 0.15) is 5.82 Å². The molecule has 1 amide bonds. The average molecular weight is 323 g/mol. The van der Waals surface area contributed by atoms with Crippen LogP contribution in [0.25, 0.3) is 0 Å². The number of hydrogen-bond acceptors (Lipinski definition) is 4. The van der Waals surface area contributed by atoms with Crippen LogP contribution in [0.15, 0.2) is 29.2 Å². The number of nitrogens with one attached hydrogen (secondary N) is 1. The Bertz CT molecular complexity index is 505. The van der Waals surface area contributed by atoms with Gasteiger partial charge in [-0.25, -0.2) is 4.39 Å². The Morgan fingerprint density at radius 1 is 1.23 bits per heavy atom. The molecule has 0 bridgehead atoms. The van der Waals surface area contributed by atoms with Crippen LogP contribution in [0, 0.1) is 5.82 Å². The Morgan fingerprint density at radius 3 is 2.68 bits per heavy atom. The molecule has 1 N–H and O–H groups in total. The highest BCUT2D eigenvalue weighted by atomic mass is 32.2. The second kappa shape index (κ2) is 7.44. The van der Waals surface area contributed by atoms with E-state index in [1.54, 1.807) is 12.1 Å². The summed E-state index contributed by atoms with van der Waals surface area (Å²) in [5.41, 5.74) is 0. The van der Waals surface area contributed by atoms with E-state index in [-0.39, 0.29) is 11.7 Å². The fourth-order valence-electron chi connectivity index (χ4n) is 3.08. The molecule has 2 aliphatic heterocycles. The first-order chi connectivity index (χ1) is 10.7. The van der Waals surface area contributed by atoms with Gasteiger partial charge in [0.15, 0.2) is 0 Å². The number of carbonyl (C=O) groups is 1. The summed E-state index contributed by atoms with van der Waals surface area (Å²) in [7, 11) is 0. The van der Waals surface area contributed by atoms with Gasteiger partial charge in [-0.3, -0.25) is 9.69 Å². The second-order valence-corrected chi connectivity index (χ2v) is 6.86. The van der Waals surface area contributed by atoms with Gasteiger partial charge in [-0.05, 0) is 30.7 Å². The van der Waals surface area contributed by atoms with Crippen molar-refractivity contribution in [2.75, 3.05) is 45.0 Å². The van der Waals surface area contributed by atoms with Gasteiger partial charge < -0.3 is 10.2 Å². The van der Waals surface area contributed by atoms with Crippen LogP contribution < -0.4 is 5.32 Å². The molecule has 1 atom stereocenters. The van der Waals surface area contributed by atoms with Crippen LogP contribution in [0.1, 0.15) is 6.42 Å². The molecule has 120 valence electrons. The van der Waals surface area contributed by atoms with Crippen molar-refractivity contribution < 1.29 is 9.18 Å². The molecule has 0 saturated carbocycles. The number of rotatable bonds is 4. The van der Waals surface area contributed by atoms with Crippen molar-refractivity contribution in [3.63, 3.8) is 0 Å². The van der Waals surface area contributed by atoms with Crippen molar-refractivity contribution in [1.82, 2.24) is 15.1 Å². The quantitative estimate of drug-likeness (QED) is 0.850. The second-order valence-electron chi connectivity index (χ2n) is 5.81. The molecule has 22 heavy (non-hydrogen) atoms. The molecule has 2 fully saturated rings. The first-order valence-corrected chi connectivity index (χ1v) is 8.82. The minimum absolute atomic E-state index is 0.187. The molecule has 6 heteroatoms. The first kappa shape index (κ1) is 15.8. The Balaban J connectivity index is 1.45. The topological polar surface area (TPSA) is 35.6 Å². The summed E-state index contributed by atoms with van der Waals surface area (Å²) < 4.78 is 12.9. The lowest BCUT2D eigenvalue weighted by atomic mass is 10.2. The minimum Gasteiger partial charge on any atom is -0.340 e. The van der Waals surface area contributed by atoms with Crippen molar-refractivity contribution in [2.24, 2.45) is 0 Å². The number of hydrogen-bond donors (Lipinski definition) is 1. The molecule has 0 aromatic heterocycles. The van der Waals surface area contributed by atoms with Gasteiger partial charge in [-0.15, -0.1) is 11.8 Å². The lowest BCUT2D eigenvalue weighted by molar-refractivity contribution is -0.127. The SMILES string of the molecule is O=C(CSc1ccc(F)cc1)N1CCC(N2CCNCC2)C1. The maximum atomic E-state index is 12.9. The van der Waals surface area contributed by atoms with E-state index in [0.717, 1.165) is 50.6 Å². The highest BCUT2D eigenvalue weighted by Crippen LogP contribution is 2.21. The Kier molecular flexibility index (Phi) is 5.33. The predicted molar refractivity (Wildman–Crippen MR) is 86.6 cm³/mol. The fraction of sp³-hybridized carbons (Fsp3) is 0.562. The van der Waals surface area contributed by atoms with Gasteiger partial charge in [0.2, 0.25) is 5.91 Å². The minimum atomic E-state index is -0.242. The molecule has 0 radical (unpaired) electrons. The Labute approximate surface area is 135 Å². The Morgan fingerprint density at radius 2 is 1.95 bits per heavy atom. The first-order valence-electron chi connectivity index (χ1n) is 7.83. The lowest BCUT2D eigenvalue weighted by Gasteiger charge is -2.32. The van der Waals surface area contributed by atoms with Crippen LogP contribution in [0.2, 0.25) is 0 Å². The third-order valence-electron chi connectivity index (χ3n) is 4.36. The number of thioether (sulfide) groups is 1. The molecule has 1 aromatic rings. The molecule has 2 heterocycles. The van der Waals surface area contributed by atoms with E-state index in [9.17, 15) is 9.18 Å². The maximum absolute atomic E-state index is 12.9. The van der Waals surface area contributed by atoms with Gasteiger partial charge in [0.05, 0.1) is 5.75 Å². The van der Waals surface area contributed by atoms with Crippen molar-refractivity contribution >= 4 is 17.7 Å². The van der Waals surface area contributed by atoms with Crippen LogP contribution in [0.4, 0.5) is 4.39 Å².